The highest BCUT2D eigenvalue weighted by atomic mass is 16.5. The first kappa shape index (κ1) is 18.3. The topological polar surface area (TPSA) is 63.4 Å². The van der Waals surface area contributed by atoms with E-state index < -0.39 is 6.04 Å². The number of nitrogens with one attached hydrogen (secondary N) is 2. The van der Waals surface area contributed by atoms with Gasteiger partial charge >= 0.3 is 0 Å². The van der Waals surface area contributed by atoms with Crippen molar-refractivity contribution in [2.24, 2.45) is 0 Å². The monoisotopic (exact) mass is 398 g/mol. The van der Waals surface area contributed by atoms with E-state index in [2.05, 4.69) is 10.3 Å². The summed E-state index contributed by atoms with van der Waals surface area (Å²) in [7, 11) is 0. The van der Waals surface area contributed by atoms with Gasteiger partial charge in [-0.25, -0.2) is 0 Å². The normalized spacial score (nSPS) is 14.1. The van der Waals surface area contributed by atoms with Crippen molar-refractivity contribution in [3.63, 3.8) is 0 Å². The fourth-order valence-electron chi connectivity index (χ4n) is 3.80. The molecule has 4 aromatic rings. The van der Waals surface area contributed by atoms with E-state index in [9.17, 15) is 4.79 Å². The number of hydrogen-bond acceptors (Lipinski definition) is 4. The van der Waals surface area contributed by atoms with Crippen molar-refractivity contribution in [2.75, 3.05) is 18.5 Å². The predicted octanol–water partition coefficient (Wildman–Crippen LogP) is 5.37. The number of H-pyrrole nitrogens is 1. The molecule has 0 amide bonds. The van der Waals surface area contributed by atoms with Crippen molar-refractivity contribution in [1.82, 2.24) is 4.98 Å². The zero-order valence-corrected chi connectivity index (χ0v) is 16.4. The molecule has 1 atom stereocenters. The predicted molar refractivity (Wildman–Crippen MR) is 117 cm³/mol. The maximum absolute atomic E-state index is 13.6. The van der Waals surface area contributed by atoms with Crippen LogP contribution < -0.4 is 14.8 Å². The van der Waals surface area contributed by atoms with E-state index in [1.807, 2.05) is 72.8 Å². The van der Waals surface area contributed by atoms with Gasteiger partial charge in [-0.15, -0.1) is 0 Å². The summed E-state index contributed by atoms with van der Waals surface area (Å²) < 4.78 is 11.5. The Kier molecular flexibility index (Phi) is 4.85. The molecule has 1 aliphatic heterocycles. The van der Waals surface area contributed by atoms with Crippen LogP contribution >= 0.6 is 0 Å². The van der Waals surface area contributed by atoms with Crippen LogP contribution in [0.4, 0.5) is 5.69 Å². The lowest BCUT2D eigenvalue weighted by Crippen LogP contribution is -2.21. The molecule has 1 unspecified atom stereocenters. The molecular formula is C25H22N2O3. The Labute approximate surface area is 174 Å². The van der Waals surface area contributed by atoms with Crippen molar-refractivity contribution in [3.8, 4) is 11.5 Å². The number of hydrogen-bond donors (Lipinski definition) is 2. The fraction of sp³-hybridized carbons (Fsp3) is 0.160. The molecule has 0 saturated carbocycles. The number of carbonyl (C=O) groups excluding carboxylic acids is 1. The molecule has 3 aromatic carbocycles. The van der Waals surface area contributed by atoms with E-state index in [0.717, 1.165) is 34.3 Å². The first-order chi connectivity index (χ1) is 14.8. The van der Waals surface area contributed by atoms with Crippen molar-refractivity contribution in [1.29, 1.82) is 0 Å². The summed E-state index contributed by atoms with van der Waals surface area (Å²) >= 11 is 0. The lowest BCUT2D eigenvalue weighted by atomic mass is 9.96. The van der Waals surface area contributed by atoms with Gasteiger partial charge in [-0.3, -0.25) is 4.79 Å². The number of aromatic amines is 1. The summed E-state index contributed by atoms with van der Waals surface area (Å²) in [6, 6.07) is 22.8. The van der Waals surface area contributed by atoms with Crippen molar-refractivity contribution >= 4 is 22.4 Å². The van der Waals surface area contributed by atoms with E-state index in [4.69, 9.17) is 9.47 Å². The zero-order chi connectivity index (χ0) is 20.3. The number of ketones is 1. The highest BCUT2D eigenvalue weighted by Gasteiger charge is 2.25. The molecule has 0 radical (unpaired) electrons. The Morgan fingerprint density at radius 3 is 2.53 bits per heavy atom. The molecule has 0 spiro atoms. The first-order valence-corrected chi connectivity index (χ1v) is 10.1. The van der Waals surface area contributed by atoms with Gasteiger partial charge in [-0.2, -0.15) is 0 Å². The average Bonchev–Trinajstić information content (AvgIpc) is 3.08. The second kappa shape index (κ2) is 7.95. The number of para-hydroxylation sites is 1. The molecule has 0 fully saturated rings. The summed E-state index contributed by atoms with van der Waals surface area (Å²) in [6.45, 7) is 1.26. The van der Waals surface area contributed by atoms with Gasteiger partial charge < -0.3 is 19.8 Å². The summed E-state index contributed by atoms with van der Waals surface area (Å²) in [6.07, 6.45) is 2.64. The van der Waals surface area contributed by atoms with Gasteiger partial charge in [0.15, 0.2) is 17.3 Å². The van der Waals surface area contributed by atoms with Gasteiger partial charge in [0.1, 0.15) is 6.04 Å². The molecule has 5 rings (SSSR count). The number of anilines is 1. The lowest BCUT2D eigenvalue weighted by molar-refractivity contribution is 0.0971. The number of rotatable bonds is 5. The highest BCUT2D eigenvalue weighted by molar-refractivity contribution is 6.11. The van der Waals surface area contributed by atoms with Crippen LogP contribution in [0, 0.1) is 0 Å². The minimum absolute atomic E-state index is 0.00533. The van der Waals surface area contributed by atoms with Gasteiger partial charge in [-0.05, 0) is 23.8 Å². The Hall–Kier alpha value is -3.73. The quantitative estimate of drug-likeness (QED) is 0.444. The molecular weight excluding hydrogens is 376 g/mol. The van der Waals surface area contributed by atoms with E-state index in [-0.39, 0.29) is 5.78 Å². The van der Waals surface area contributed by atoms with Gasteiger partial charge in [0.2, 0.25) is 0 Å². The largest absolute Gasteiger partial charge is 0.490 e. The first-order valence-electron chi connectivity index (χ1n) is 10.1. The SMILES string of the molecule is O=C(c1c[nH]c2ccccc12)C(Nc1ccc2c(c1)OCCCO2)c1ccccc1. The number of fused-ring (bicyclic) bond motifs is 2. The molecule has 5 heteroatoms. The molecule has 150 valence electrons. The molecule has 0 saturated heterocycles. The van der Waals surface area contributed by atoms with Crippen LogP contribution in [0.15, 0.2) is 79.0 Å². The Balaban J connectivity index is 1.52. The number of Topliss-reactive ketones (excluding diaryl/α,β-unsaturated/α-hetero) is 1. The number of ether oxygens (including phenoxy) is 2. The molecule has 2 N–H and O–H groups in total. The van der Waals surface area contributed by atoms with Crippen molar-refractivity contribution in [2.45, 2.75) is 12.5 Å². The Morgan fingerprint density at radius 1 is 0.900 bits per heavy atom. The summed E-state index contributed by atoms with van der Waals surface area (Å²) in [4.78, 5) is 16.8. The smallest absolute Gasteiger partial charge is 0.191 e. The highest BCUT2D eigenvalue weighted by Crippen LogP contribution is 2.34. The van der Waals surface area contributed by atoms with Gasteiger partial charge in [0.25, 0.3) is 0 Å². The summed E-state index contributed by atoms with van der Waals surface area (Å²) in [5.74, 6) is 1.44. The van der Waals surface area contributed by atoms with Gasteiger partial charge in [-0.1, -0.05) is 48.5 Å². The molecule has 1 aliphatic rings. The van der Waals surface area contributed by atoms with Crippen LogP contribution in [0.25, 0.3) is 10.9 Å². The third kappa shape index (κ3) is 3.50. The lowest BCUT2D eigenvalue weighted by Gasteiger charge is -2.20. The van der Waals surface area contributed by atoms with Crippen LogP contribution in [-0.4, -0.2) is 24.0 Å². The standard InChI is InChI=1S/C25H22N2O3/c28-25(20-16-26-21-10-5-4-9-19(20)21)24(17-7-2-1-3-8-17)27-18-11-12-22-23(15-18)30-14-6-13-29-22/h1-5,7-12,15-16,24,26-27H,6,13-14H2. The minimum Gasteiger partial charge on any atom is -0.490 e. The number of aromatic nitrogens is 1. The summed E-state index contributed by atoms with van der Waals surface area (Å²) in [5, 5.41) is 4.34. The maximum Gasteiger partial charge on any atom is 0.191 e. The molecule has 5 nitrogen and oxygen atoms in total. The van der Waals surface area contributed by atoms with Crippen LogP contribution in [-0.2, 0) is 0 Å². The van der Waals surface area contributed by atoms with Crippen LogP contribution in [0.2, 0.25) is 0 Å². The molecule has 0 bridgehead atoms. The van der Waals surface area contributed by atoms with E-state index in [1.165, 1.54) is 0 Å². The second-order valence-electron chi connectivity index (χ2n) is 7.31. The van der Waals surface area contributed by atoms with Crippen LogP contribution in [0.3, 0.4) is 0 Å². The second-order valence-corrected chi connectivity index (χ2v) is 7.31. The third-order valence-corrected chi connectivity index (χ3v) is 5.31. The van der Waals surface area contributed by atoms with Crippen molar-refractivity contribution in [3.05, 3.63) is 90.1 Å². The zero-order valence-electron chi connectivity index (χ0n) is 16.4. The third-order valence-electron chi connectivity index (χ3n) is 5.31. The molecule has 2 heterocycles. The molecule has 1 aromatic heterocycles. The van der Waals surface area contributed by atoms with Crippen LogP contribution in [0.5, 0.6) is 11.5 Å². The van der Waals surface area contributed by atoms with Gasteiger partial charge in [0.05, 0.1) is 13.2 Å². The summed E-state index contributed by atoms with van der Waals surface area (Å²) in [5.41, 5.74) is 3.32. The van der Waals surface area contributed by atoms with E-state index >= 15 is 0 Å². The van der Waals surface area contributed by atoms with E-state index in [1.54, 1.807) is 6.20 Å². The maximum atomic E-state index is 13.6. The van der Waals surface area contributed by atoms with E-state index in [0.29, 0.717) is 24.5 Å². The molecule has 0 aliphatic carbocycles. The van der Waals surface area contributed by atoms with Crippen LogP contribution in [0.1, 0.15) is 28.4 Å². The Morgan fingerprint density at radius 2 is 1.67 bits per heavy atom. The van der Waals surface area contributed by atoms with Gasteiger partial charge in [0, 0.05) is 40.8 Å². The number of benzene rings is 3. The number of carbonyl (C=O) groups is 1. The fourth-order valence-corrected chi connectivity index (χ4v) is 3.80. The minimum atomic E-state index is -0.532. The Bertz CT molecular complexity index is 1180. The van der Waals surface area contributed by atoms with Crippen molar-refractivity contribution < 1.29 is 14.3 Å². The molecule has 30 heavy (non-hydrogen) atoms. The average molecular weight is 398 g/mol.